The van der Waals surface area contributed by atoms with Crippen LogP contribution in [0, 0.1) is 0 Å². The molecule has 2 unspecified atom stereocenters. The van der Waals surface area contributed by atoms with E-state index in [0.717, 1.165) is 122 Å². The van der Waals surface area contributed by atoms with E-state index in [0.29, 0.717) is 23.9 Å². The predicted octanol–water partition coefficient (Wildman–Crippen LogP) is 18.6. The number of phosphoric ester groups is 1. The number of allylic oxidation sites excluding steroid dienone is 26. The maximum Gasteiger partial charge on any atom is 0.306 e. The zero-order chi connectivity index (χ0) is 57.0. The van der Waals surface area contributed by atoms with Crippen LogP contribution in [-0.4, -0.2) is 70.0 Å². The van der Waals surface area contributed by atoms with Gasteiger partial charge in [-0.1, -0.05) is 223 Å². The topological polar surface area (TPSA) is 111 Å². The van der Waals surface area contributed by atoms with Gasteiger partial charge in [-0.05, 0) is 128 Å². The first-order chi connectivity index (χ1) is 38.0. The molecule has 78 heavy (non-hydrogen) atoms. The predicted molar refractivity (Wildman–Crippen MR) is 332 cm³/mol. The van der Waals surface area contributed by atoms with E-state index in [2.05, 4.69) is 172 Å². The lowest BCUT2D eigenvalue weighted by Gasteiger charge is -2.28. The summed E-state index contributed by atoms with van der Waals surface area (Å²) in [5.74, 6) is -0.894. The Morgan fingerprint density at radius 3 is 1.10 bits per heavy atom. The van der Waals surface area contributed by atoms with Crippen LogP contribution in [0.15, 0.2) is 158 Å². The number of quaternary nitrogens is 1. The number of carbonyl (C=O) groups excluding carboxylic acids is 2. The lowest BCUT2D eigenvalue weighted by molar-refractivity contribution is -0.870. The Bertz CT molecular complexity index is 1870. The number of nitrogens with zero attached hydrogens (tertiary/aromatic N) is 1. The van der Waals surface area contributed by atoms with E-state index in [-0.39, 0.29) is 26.1 Å². The van der Waals surface area contributed by atoms with Gasteiger partial charge in [0.05, 0.1) is 27.7 Å². The molecule has 0 radical (unpaired) electrons. The highest BCUT2D eigenvalue weighted by molar-refractivity contribution is 7.45. The van der Waals surface area contributed by atoms with Gasteiger partial charge >= 0.3 is 11.9 Å². The summed E-state index contributed by atoms with van der Waals surface area (Å²) in [6.45, 7) is 4.02. The Hall–Kier alpha value is -4.37. The number of hydrogen-bond acceptors (Lipinski definition) is 8. The van der Waals surface area contributed by atoms with Gasteiger partial charge in [0.25, 0.3) is 7.82 Å². The minimum atomic E-state index is -4.66. The third kappa shape index (κ3) is 60.9. The van der Waals surface area contributed by atoms with Crippen molar-refractivity contribution in [1.82, 2.24) is 0 Å². The Morgan fingerprint density at radius 2 is 0.731 bits per heavy atom. The molecule has 0 aromatic rings. The van der Waals surface area contributed by atoms with Crippen molar-refractivity contribution in [3.63, 3.8) is 0 Å². The second-order valence-electron chi connectivity index (χ2n) is 20.6. The highest BCUT2D eigenvalue weighted by Gasteiger charge is 2.21. The maximum atomic E-state index is 12.8. The fraction of sp³-hybridized carbons (Fsp3) is 0.588. The summed E-state index contributed by atoms with van der Waals surface area (Å²) in [6.07, 6.45) is 85.8. The normalized spacial score (nSPS) is 14.4. The van der Waals surface area contributed by atoms with Crippen LogP contribution in [0.5, 0.6) is 0 Å². The van der Waals surface area contributed by atoms with Crippen LogP contribution in [0.2, 0.25) is 0 Å². The molecule has 0 aromatic carbocycles. The molecule has 0 saturated carbocycles. The summed E-state index contributed by atoms with van der Waals surface area (Å²) in [5.41, 5.74) is 0. The van der Waals surface area contributed by atoms with Crippen molar-refractivity contribution in [2.75, 3.05) is 47.5 Å². The average Bonchev–Trinajstić information content (AvgIpc) is 3.41. The molecule has 0 heterocycles. The molecule has 440 valence electrons. The molecule has 0 aliphatic heterocycles. The highest BCUT2D eigenvalue weighted by Crippen LogP contribution is 2.38. The van der Waals surface area contributed by atoms with Crippen molar-refractivity contribution in [1.29, 1.82) is 0 Å². The Kier molecular flexibility index (Phi) is 54.1. The quantitative estimate of drug-likeness (QED) is 0.0195. The number of carbonyl (C=O) groups is 2. The van der Waals surface area contributed by atoms with Crippen LogP contribution < -0.4 is 4.89 Å². The minimum absolute atomic E-state index is 0.0479. The van der Waals surface area contributed by atoms with E-state index < -0.39 is 32.5 Å². The van der Waals surface area contributed by atoms with Gasteiger partial charge in [-0.15, -0.1) is 0 Å². The number of phosphoric acid groups is 1. The summed E-state index contributed by atoms with van der Waals surface area (Å²) >= 11 is 0. The second kappa shape index (κ2) is 57.3. The molecule has 0 fully saturated rings. The van der Waals surface area contributed by atoms with Crippen molar-refractivity contribution < 1.29 is 42.1 Å². The fourth-order valence-electron chi connectivity index (χ4n) is 7.39. The molecule has 0 aromatic heterocycles. The summed E-state index contributed by atoms with van der Waals surface area (Å²) < 4.78 is 34.1. The number of ether oxygens (including phenoxy) is 2. The summed E-state index contributed by atoms with van der Waals surface area (Å²) in [7, 11) is 1.11. The third-order valence-electron chi connectivity index (χ3n) is 12.0. The molecule has 9 nitrogen and oxygen atoms in total. The van der Waals surface area contributed by atoms with Crippen LogP contribution in [0.3, 0.4) is 0 Å². The third-order valence-corrected chi connectivity index (χ3v) is 13.0. The Morgan fingerprint density at radius 1 is 0.410 bits per heavy atom. The van der Waals surface area contributed by atoms with Crippen molar-refractivity contribution in [3.05, 3.63) is 158 Å². The number of likely N-dealkylation sites (N-methyl/N-ethyl adjacent to an activating group) is 1. The van der Waals surface area contributed by atoms with Gasteiger partial charge in [0.2, 0.25) is 0 Å². The van der Waals surface area contributed by atoms with Crippen LogP contribution in [-0.2, 0) is 32.7 Å². The number of hydrogen-bond donors (Lipinski definition) is 0. The van der Waals surface area contributed by atoms with Crippen molar-refractivity contribution >= 4 is 19.8 Å². The van der Waals surface area contributed by atoms with Crippen molar-refractivity contribution in [2.45, 2.75) is 213 Å². The number of esters is 2. The van der Waals surface area contributed by atoms with E-state index in [1.54, 1.807) is 0 Å². The van der Waals surface area contributed by atoms with Crippen molar-refractivity contribution in [2.24, 2.45) is 0 Å². The first-order valence-electron chi connectivity index (χ1n) is 30.2. The van der Waals surface area contributed by atoms with E-state index >= 15 is 0 Å². The molecule has 0 bridgehead atoms. The number of rotatable bonds is 53. The average molecular weight is 1100 g/mol. The summed E-state index contributed by atoms with van der Waals surface area (Å²) in [4.78, 5) is 37.8. The maximum absolute atomic E-state index is 12.8. The molecule has 10 heteroatoms. The fourth-order valence-corrected chi connectivity index (χ4v) is 8.12. The highest BCUT2D eigenvalue weighted by atomic mass is 31.2. The SMILES string of the molecule is CC/C=C\C/C=C\C/C=C\C/C=C\C/C=C\C/C=C\C/C=C\C/C=C\C/C=C\C/C=C\C/C=C\CCCCCC(=O)OC(COC(=O)CCCCCCCCC/C=C\C/C=C\CCCCC)COP(=O)([O-])OCC[N+](C)(C)C. The van der Waals surface area contributed by atoms with Gasteiger partial charge in [0, 0.05) is 12.8 Å². The van der Waals surface area contributed by atoms with Gasteiger partial charge in [-0.25, -0.2) is 0 Å². The summed E-state index contributed by atoms with van der Waals surface area (Å²) in [5, 5.41) is 0. The minimum Gasteiger partial charge on any atom is -0.756 e. The van der Waals surface area contributed by atoms with Gasteiger partial charge in [-0.2, -0.15) is 0 Å². The molecular weight excluding hydrogens is 990 g/mol. The second-order valence-corrected chi connectivity index (χ2v) is 22.0. The van der Waals surface area contributed by atoms with Crippen LogP contribution in [0.25, 0.3) is 0 Å². The van der Waals surface area contributed by atoms with E-state index in [1.165, 1.54) is 44.9 Å². The van der Waals surface area contributed by atoms with E-state index in [4.69, 9.17) is 18.5 Å². The van der Waals surface area contributed by atoms with Gasteiger partial charge < -0.3 is 27.9 Å². The van der Waals surface area contributed by atoms with Crippen molar-refractivity contribution in [3.8, 4) is 0 Å². The first kappa shape index (κ1) is 73.6. The first-order valence-corrected chi connectivity index (χ1v) is 31.7. The molecule has 2 atom stereocenters. The molecule has 0 amide bonds. The van der Waals surface area contributed by atoms with Crippen LogP contribution in [0.1, 0.15) is 206 Å². The molecular formula is C68H110NO8P. The molecule has 0 saturated heterocycles. The molecule has 0 N–H and O–H groups in total. The molecule has 0 spiro atoms. The lowest BCUT2D eigenvalue weighted by Crippen LogP contribution is -2.37. The standard InChI is InChI=1S/C68H110NO8P/c1-6-8-10-12-14-16-18-20-22-24-25-26-27-28-29-30-31-32-33-34-35-36-37-38-39-40-41-42-43-45-47-49-51-53-55-57-59-61-68(71)77-66(65-76-78(72,73)75-63-62-69(3,4)5)64-74-67(70)60-58-56-54-52-50-48-46-44-23-21-19-17-15-13-11-9-7-2/h8,10,14-17,20-23,25-26,28-29,31-32,34-35,37-38,40-41,43,45,49,51,66H,6-7,9,11-13,18-19,24,27,30,33,36,39,42,44,46-48,50,52-65H2,1-5H3/b10-8-,16-14-,17-15-,22-20-,23-21-,26-25-,29-28-,32-31-,35-34-,38-37-,41-40-,45-43-,51-49-. The molecule has 0 aliphatic rings. The van der Waals surface area contributed by atoms with Crippen LogP contribution in [0.4, 0.5) is 0 Å². The lowest BCUT2D eigenvalue weighted by atomic mass is 10.1. The zero-order valence-corrected chi connectivity index (χ0v) is 50.7. The van der Waals surface area contributed by atoms with E-state index in [1.807, 2.05) is 21.1 Å². The summed E-state index contributed by atoms with van der Waals surface area (Å²) in [6, 6.07) is 0. The molecule has 0 rings (SSSR count). The van der Waals surface area contributed by atoms with Gasteiger partial charge in [0.15, 0.2) is 6.10 Å². The number of unbranched alkanes of at least 4 members (excludes halogenated alkanes) is 13. The Balaban J connectivity index is 4.26. The van der Waals surface area contributed by atoms with Gasteiger partial charge in [0.1, 0.15) is 19.8 Å². The smallest absolute Gasteiger partial charge is 0.306 e. The zero-order valence-electron chi connectivity index (χ0n) is 49.8. The van der Waals surface area contributed by atoms with Gasteiger partial charge in [-0.3, -0.25) is 14.2 Å². The Labute approximate surface area is 477 Å². The monoisotopic (exact) mass is 1100 g/mol. The molecule has 0 aliphatic carbocycles. The largest absolute Gasteiger partial charge is 0.756 e. The van der Waals surface area contributed by atoms with Crippen LogP contribution >= 0.6 is 7.82 Å². The van der Waals surface area contributed by atoms with E-state index in [9.17, 15) is 19.0 Å².